The predicted octanol–water partition coefficient (Wildman–Crippen LogP) is 7.19. The molecule has 0 atom stereocenters. The molecule has 1 saturated heterocycles. The van der Waals surface area contributed by atoms with Crippen LogP contribution in [0.2, 0.25) is 0 Å². The van der Waals surface area contributed by atoms with Crippen LogP contribution < -0.4 is 0 Å². The molecule has 0 bridgehead atoms. The van der Waals surface area contributed by atoms with E-state index in [9.17, 15) is 30.7 Å². The lowest BCUT2D eigenvalue weighted by atomic mass is 10.0. The van der Waals surface area contributed by atoms with Crippen molar-refractivity contribution in [3.05, 3.63) is 70.3 Å². The molecule has 0 saturated carbocycles. The Labute approximate surface area is 192 Å². The van der Waals surface area contributed by atoms with Crippen molar-refractivity contribution < 1.29 is 44.9 Å². The minimum Gasteiger partial charge on any atom is -0.348 e. The molecule has 0 radical (unpaired) electrons. The van der Waals surface area contributed by atoms with Crippen LogP contribution in [0.4, 0.5) is 30.7 Å². The number of aryl methyl sites for hydroxylation is 2. The highest BCUT2D eigenvalue weighted by Gasteiger charge is 2.49. The van der Waals surface area contributed by atoms with Crippen LogP contribution in [0.5, 0.6) is 0 Å². The van der Waals surface area contributed by atoms with Crippen LogP contribution in [0.15, 0.2) is 36.4 Å². The third kappa shape index (κ3) is 7.16. The minimum atomic E-state index is -5.77. The molecule has 2 aromatic carbocycles. The highest BCUT2D eigenvalue weighted by Crippen LogP contribution is 2.39. The smallest absolute Gasteiger partial charge is 0.348 e. The summed E-state index contributed by atoms with van der Waals surface area (Å²) < 4.78 is 106. The van der Waals surface area contributed by atoms with Gasteiger partial charge in [-0.05, 0) is 42.5 Å². The average molecular weight is 494 g/mol. The second kappa shape index (κ2) is 11.0. The summed E-state index contributed by atoms with van der Waals surface area (Å²) >= 11 is 0. The Morgan fingerprint density at radius 2 is 1.44 bits per heavy atom. The first-order chi connectivity index (χ1) is 16.0. The van der Waals surface area contributed by atoms with E-state index in [1.807, 2.05) is 12.1 Å². The maximum absolute atomic E-state index is 14.1. The number of rotatable bonds is 9. The molecule has 10 heteroatoms. The second-order valence-electron chi connectivity index (χ2n) is 8.25. The summed E-state index contributed by atoms with van der Waals surface area (Å²) in [5, 5.41) is 0. The van der Waals surface area contributed by atoms with Crippen molar-refractivity contribution in [3.63, 3.8) is 0 Å². The molecule has 0 aliphatic carbocycles. The quantitative estimate of drug-likeness (QED) is 0.346. The summed E-state index contributed by atoms with van der Waals surface area (Å²) in [5.74, 6) is -3.26. The van der Waals surface area contributed by atoms with E-state index in [4.69, 9.17) is 9.47 Å². The fraction of sp³-hybridized carbons (Fsp3) is 0.500. The van der Waals surface area contributed by atoms with Gasteiger partial charge in [-0.1, -0.05) is 44.0 Å². The van der Waals surface area contributed by atoms with E-state index in [-0.39, 0.29) is 12.0 Å². The molecule has 2 aromatic rings. The van der Waals surface area contributed by atoms with Crippen LogP contribution in [0, 0.1) is 17.6 Å². The van der Waals surface area contributed by atoms with Crippen molar-refractivity contribution in [3.8, 4) is 0 Å². The van der Waals surface area contributed by atoms with Crippen molar-refractivity contribution in [1.82, 2.24) is 0 Å². The number of unbranched alkanes of at least 4 members (excludes halogenated alkanes) is 1. The van der Waals surface area contributed by atoms with Crippen LogP contribution in [-0.2, 0) is 33.2 Å². The van der Waals surface area contributed by atoms with Gasteiger partial charge >= 0.3 is 12.5 Å². The summed E-state index contributed by atoms with van der Waals surface area (Å²) in [5.41, 5.74) is -0.438. The van der Waals surface area contributed by atoms with E-state index in [0.717, 1.165) is 30.4 Å². The van der Waals surface area contributed by atoms with Crippen LogP contribution >= 0.6 is 0 Å². The molecule has 1 aliphatic rings. The molecule has 1 heterocycles. The molecule has 0 spiro atoms. The Morgan fingerprint density at radius 3 is 1.97 bits per heavy atom. The van der Waals surface area contributed by atoms with E-state index < -0.39 is 36.0 Å². The molecule has 0 aromatic heterocycles. The number of ether oxygens (including phenoxy) is 3. The lowest BCUT2D eigenvalue weighted by molar-refractivity contribution is -0.432. The van der Waals surface area contributed by atoms with Gasteiger partial charge in [0.2, 0.25) is 0 Å². The zero-order chi connectivity index (χ0) is 24.9. The zero-order valence-electron chi connectivity index (χ0n) is 18.4. The highest BCUT2D eigenvalue weighted by atomic mass is 19.4. The topological polar surface area (TPSA) is 27.7 Å². The Balaban J connectivity index is 1.58. The van der Waals surface area contributed by atoms with Gasteiger partial charge in [0.05, 0.1) is 13.2 Å². The van der Waals surface area contributed by atoms with Gasteiger partial charge in [0.1, 0.15) is 17.2 Å². The van der Waals surface area contributed by atoms with E-state index in [2.05, 4.69) is 11.7 Å². The summed E-state index contributed by atoms with van der Waals surface area (Å²) in [7, 11) is 0. The van der Waals surface area contributed by atoms with Gasteiger partial charge in [0, 0.05) is 11.5 Å². The molecule has 0 amide bonds. The van der Waals surface area contributed by atoms with Gasteiger partial charge in [-0.25, -0.2) is 13.5 Å². The second-order valence-corrected chi connectivity index (χ2v) is 8.25. The molecule has 3 nitrogen and oxygen atoms in total. The average Bonchev–Trinajstić information content (AvgIpc) is 2.74. The normalized spacial score (nSPS) is 19.4. The molecular formula is C24H25F7O3. The fourth-order valence-corrected chi connectivity index (χ4v) is 3.77. The van der Waals surface area contributed by atoms with Gasteiger partial charge in [0.15, 0.2) is 6.29 Å². The van der Waals surface area contributed by atoms with Gasteiger partial charge in [-0.3, -0.25) is 0 Å². The van der Waals surface area contributed by atoms with E-state index in [1.54, 1.807) is 12.1 Å². The number of benzene rings is 2. The van der Waals surface area contributed by atoms with Crippen LogP contribution in [0.3, 0.4) is 0 Å². The van der Waals surface area contributed by atoms with Crippen LogP contribution in [-0.4, -0.2) is 19.6 Å². The highest BCUT2D eigenvalue weighted by molar-refractivity contribution is 5.30. The molecule has 0 unspecified atom stereocenters. The van der Waals surface area contributed by atoms with E-state index in [1.165, 1.54) is 0 Å². The molecule has 1 aliphatic heterocycles. The van der Waals surface area contributed by atoms with Crippen LogP contribution in [0.25, 0.3) is 0 Å². The number of hydrogen-bond donors (Lipinski definition) is 0. The van der Waals surface area contributed by atoms with Crippen LogP contribution in [0.1, 0.15) is 54.7 Å². The number of alkyl halides is 5. The standard InChI is InChI=1S/C24H25F7O3/c1-2-3-4-17-13-32-22(33-14-17)18-9-7-15(8-10-18)5-6-16-11-19(25)21(20(26)12-16)23(27,28)34-24(29,30)31/h7-12,17,22H,2-6,13-14H2,1H3. The summed E-state index contributed by atoms with van der Waals surface area (Å²) in [4.78, 5) is 0. The minimum absolute atomic E-state index is 0.0164. The zero-order valence-corrected chi connectivity index (χ0v) is 18.4. The van der Waals surface area contributed by atoms with E-state index >= 15 is 0 Å². The third-order valence-corrected chi connectivity index (χ3v) is 5.52. The maximum atomic E-state index is 14.1. The summed E-state index contributed by atoms with van der Waals surface area (Å²) in [6.45, 7) is 3.36. The monoisotopic (exact) mass is 494 g/mol. The summed E-state index contributed by atoms with van der Waals surface area (Å²) in [6.07, 6.45) is -7.74. The Kier molecular flexibility index (Phi) is 8.59. The predicted molar refractivity (Wildman–Crippen MR) is 109 cm³/mol. The van der Waals surface area contributed by atoms with Gasteiger partial charge in [0.25, 0.3) is 0 Å². The van der Waals surface area contributed by atoms with Crippen molar-refractivity contribution in [2.75, 3.05) is 13.2 Å². The first-order valence-corrected chi connectivity index (χ1v) is 10.9. The lowest BCUT2D eigenvalue weighted by Gasteiger charge is -2.29. The Hall–Kier alpha value is -2.17. The fourth-order valence-electron chi connectivity index (χ4n) is 3.77. The summed E-state index contributed by atoms with van der Waals surface area (Å²) in [6, 6.07) is 8.37. The third-order valence-electron chi connectivity index (χ3n) is 5.52. The number of halogens is 7. The molecule has 34 heavy (non-hydrogen) atoms. The molecular weight excluding hydrogens is 469 g/mol. The Bertz CT molecular complexity index is 914. The SMILES string of the molecule is CCCCC1COC(c2ccc(CCc3cc(F)c(C(F)(F)OC(F)(F)F)c(F)c3)cc2)OC1. The van der Waals surface area contributed by atoms with Crippen molar-refractivity contribution in [2.45, 2.75) is 57.8 Å². The molecule has 0 N–H and O–H groups in total. The largest absolute Gasteiger partial charge is 0.527 e. The van der Waals surface area contributed by atoms with E-state index in [0.29, 0.717) is 37.7 Å². The maximum Gasteiger partial charge on any atom is 0.527 e. The van der Waals surface area contributed by atoms with Crippen molar-refractivity contribution in [2.24, 2.45) is 5.92 Å². The first-order valence-electron chi connectivity index (χ1n) is 10.9. The van der Waals surface area contributed by atoms with Gasteiger partial charge in [-0.2, -0.15) is 8.78 Å². The molecule has 1 fully saturated rings. The first kappa shape index (κ1) is 26.4. The van der Waals surface area contributed by atoms with Gasteiger partial charge < -0.3 is 9.47 Å². The van der Waals surface area contributed by atoms with Gasteiger partial charge in [-0.15, -0.1) is 13.2 Å². The molecule has 3 rings (SSSR count). The lowest BCUT2D eigenvalue weighted by Crippen LogP contribution is -2.29. The van der Waals surface area contributed by atoms with Crippen molar-refractivity contribution in [1.29, 1.82) is 0 Å². The molecule has 188 valence electrons. The number of hydrogen-bond acceptors (Lipinski definition) is 3. The van der Waals surface area contributed by atoms with Crippen molar-refractivity contribution >= 4 is 0 Å². The Morgan fingerprint density at radius 1 is 0.882 bits per heavy atom.